The first-order chi connectivity index (χ1) is 11.8. The normalized spacial score (nSPS) is 24.1. The number of tetrazole rings is 1. The molecule has 2 aliphatic carbocycles. The molecule has 1 aromatic heterocycles. The van der Waals surface area contributed by atoms with Crippen molar-refractivity contribution in [2.24, 2.45) is 11.3 Å². The van der Waals surface area contributed by atoms with Crippen LogP contribution in [0.15, 0.2) is 30.3 Å². The number of nitrogens with zero attached hydrogens (tertiary/aromatic N) is 3. The van der Waals surface area contributed by atoms with Crippen molar-refractivity contribution in [2.45, 2.75) is 58.3 Å². The smallest absolute Gasteiger partial charge is 0.177 e. The van der Waals surface area contributed by atoms with Crippen molar-refractivity contribution < 1.29 is 0 Å². The highest BCUT2D eigenvalue weighted by molar-refractivity contribution is 5.90. The van der Waals surface area contributed by atoms with Gasteiger partial charge in [-0.05, 0) is 59.8 Å². The zero-order chi connectivity index (χ0) is 16.4. The second kappa shape index (κ2) is 6.50. The van der Waals surface area contributed by atoms with Gasteiger partial charge in [0.05, 0.1) is 0 Å². The lowest BCUT2D eigenvalue weighted by Gasteiger charge is -2.35. The van der Waals surface area contributed by atoms with Gasteiger partial charge >= 0.3 is 0 Å². The van der Waals surface area contributed by atoms with Gasteiger partial charge in [0, 0.05) is 5.57 Å². The van der Waals surface area contributed by atoms with Crippen LogP contribution in [0.4, 0.5) is 0 Å². The van der Waals surface area contributed by atoms with E-state index in [1.165, 1.54) is 61.7 Å². The minimum atomic E-state index is 0.375. The summed E-state index contributed by atoms with van der Waals surface area (Å²) in [6.45, 7) is 2.48. The first-order valence-corrected chi connectivity index (χ1v) is 9.30. The van der Waals surface area contributed by atoms with Gasteiger partial charge in [-0.3, -0.25) is 0 Å². The van der Waals surface area contributed by atoms with Gasteiger partial charge in [-0.1, -0.05) is 56.5 Å². The van der Waals surface area contributed by atoms with Crippen LogP contribution in [0.25, 0.3) is 11.1 Å². The van der Waals surface area contributed by atoms with Gasteiger partial charge < -0.3 is 0 Å². The summed E-state index contributed by atoms with van der Waals surface area (Å²) in [4.78, 5) is 0. The zero-order valence-corrected chi connectivity index (χ0v) is 14.5. The molecule has 0 radical (unpaired) electrons. The molecule has 4 nitrogen and oxygen atoms in total. The van der Waals surface area contributed by atoms with Crippen LogP contribution in [0.2, 0.25) is 0 Å². The summed E-state index contributed by atoms with van der Waals surface area (Å²) in [6.07, 6.45) is 10.2. The number of hydrogen-bond donors (Lipinski definition) is 1. The summed E-state index contributed by atoms with van der Waals surface area (Å²) in [6, 6.07) is 10.8. The summed E-state index contributed by atoms with van der Waals surface area (Å²) < 4.78 is 0. The second-order valence-corrected chi connectivity index (χ2v) is 7.65. The number of nitrogens with one attached hydrogen (secondary N) is 1. The predicted molar refractivity (Wildman–Crippen MR) is 96.0 cm³/mol. The van der Waals surface area contributed by atoms with Gasteiger partial charge in [-0.15, -0.1) is 10.2 Å². The zero-order valence-electron chi connectivity index (χ0n) is 14.5. The first-order valence-electron chi connectivity index (χ1n) is 9.30. The molecule has 2 aromatic rings. The molecule has 4 heteroatoms. The lowest BCUT2D eigenvalue weighted by Crippen LogP contribution is -2.26. The minimum Gasteiger partial charge on any atom is -0.177 e. The summed E-state index contributed by atoms with van der Waals surface area (Å²) in [7, 11) is 0. The third-order valence-corrected chi connectivity index (χ3v) is 6.14. The van der Waals surface area contributed by atoms with Gasteiger partial charge in [0.15, 0.2) is 0 Å². The first kappa shape index (κ1) is 15.6. The quantitative estimate of drug-likeness (QED) is 0.876. The Labute approximate surface area is 143 Å². The molecule has 0 saturated heterocycles. The van der Waals surface area contributed by atoms with Gasteiger partial charge in [0.1, 0.15) is 0 Å². The SMILES string of the molecule is CC1(C2CCCCC(c3ccccc3)=C2c2nn[nH]n2)CCCC1. The highest BCUT2D eigenvalue weighted by atomic mass is 15.5. The molecule has 1 saturated carbocycles. The van der Waals surface area contributed by atoms with Crippen molar-refractivity contribution >= 4 is 11.1 Å². The fourth-order valence-electron chi connectivity index (χ4n) is 4.87. The third kappa shape index (κ3) is 2.79. The van der Waals surface area contributed by atoms with E-state index in [0.29, 0.717) is 11.3 Å². The maximum Gasteiger partial charge on any atom is 0.201 e. The predicted octanol–water partition coefficient (Wildman–Crippen LogP) is 4.88. The molecule has 2 aliphatic rings. The molecule has 126 valence electrons. The van der Waals surface area contributed by atoms with Gasteiger partial charge in [-0.2, -0.15) is 5.21 Å². The molecule has 4 rings (SSSR count). The number of benzene rings is 1. The Morgan fingerprint density at radius 1 is 1.04 bits per heavy atom. The van der Waals surface area contributed by atoms with E-state index in [1.54, 1.807) is 0 Å². The van der Waals surface area contributed by atoms with E-state index in [9.17, 15) is 0 Å². The maximum atomic E-state index is 4.40. The Hall–Kier alpha value is -1.97. The molecular weight excluding hydrogens is 296 g/mol. The van der Waals surface area contributed by atoms with E-state index in [-0.39, 0.29) is 0 Å². The summed E-state index contributed by atoms with van der Waals surface area (Å²) in [5.41, 5.74) is 4.50. The van der Waals surface area contributed by atoms with Crippen LogP contribution in [0.5, 0.6) is 0 Å². The van der Waals surface area contributed by atoms with E-state index < -0.39 is 0 Å². The van der Waals surface area contributed by atoms with Crippen molar-refractivity contribution in [1.29, 1.82) is 0 Å². The average molecular weight is 322 g/mol. The molecule has 1 N–H and O–H groups in total. The van der Waals surface area contributed by atoms with Crippen molar-refractivity contribution in [3.8, 4) is 0 Å². The monoisotopic (exact) mass is 322 g/mol. The summed E-state index contributed by atoms with van der Waals surface area (Å²) >= 11 is 0. The van der Waals surface area contributed by atoms with Crippen LogP contribution in [-0.2, 0) is 0 Å². The van der Waals surface area contributed by atoms with E-state index >= 15 is 0 Å². The van der Waals surface area contributed by atoms with Crippen LogP contribution in [0, 0.1) is 11.3 Å². The fourth-order valence-corrected chi connectivity index (χ4v) is 4.87. The highest BCUT2D eigenvalue weighted by Gasteiger charge is 2.41. The number of H-pyrrole nitrogens is 1. The molecule has 1 unspecified atom stereocenters. The van der Waals surface area contributed by atoms with Crippen LogP contribution >= 0.6 is 0 Å². The molecular formula is C20H26N4. The molecule has 0 bridgehead atoms. The highest BCUT2D eigenvalue weighted by Crippen LogP contribution is 2.53. The number of allylic oxidation sites excluding steroid dienone is 2. The van der Waals surface area contributed by atoms with Crippen molar-refractivity contribution in [3.63, 3.8) is 0 Å². The van der Waals surface area contributed by atoms with E-state index in [2.05, 4.69) is 57.9 Å². The molecule has 1 fully saturated rings. The standard InChI is InChI=1S/C20H26N4/c1-20(13-7-8-14-20)17-12-6-5-11-16(15-9-3-2-4-10-15)18(17)19-21-23-24-22-19/h2-4,9-10,17H,5-8,11-14H2,1H3,(H,21,22,23,24). The van der Waals surface area contributed by atoms with Crippen molar-refractivity contribution in [2.75, 3.05) is 0 Å². The lowest BCUT2D eigenvalue weighted by molar-refractivity contribution is 0.231. The van der Waals surface area contributed by atoms with Crippen LogP contribution in [0.3, 0.4) is 0 Å². The van der Waals surface area contributed by atoms with Crippen LogP contribution in [-0.4, -0.2) is 20.6 Å². The Morgan fingerprint density at radius 3 is 2.54 bits per heavy atom. The lowest BCUT2D eigenvalue weighted by atomic mass is 9.69. The Morgan fingerprint density at radius 2 is 1.83 bits per heavy atom. The van der Waals surface area contributed by atoms with E-state index in [1.807, 2.05) is 0 Å². The average Bonchev–Trinajstić information content (AvgIpc) is 3.24. The molecule has 1 atom stereocenters. The summed E-state index contributed by atoms with van der Waals surface area (Å²) in [5.74, 6) is 1.35. The maximum absolute atomic E-state index is 4.40. The largest absolute Gasteiger partial charge is 0.201 e. The van der Waals surface area contributed by atoms with Crippen LogP contribution in [0.1, 0.15) is 69.7 Å². The van der Waals surface area contributed by atoms with Gasteiger partial charge in [-0.25, -0.2) is 0 Å². The van der Waals surface area contributed by atoms with Crippen molar-refractivity contribution in [1.82, 2.24) is 20.6 Å². The van der Waals surface area contributed by atoms with Gasteiger partial charge in [0.25, 0.3) is 0 Å². The van der Waals surface area contributed by atoms with E-state index in [0.717, 1.165) is 12.2 Å². The molecule has 0 aliphatic heterocycles. The Kier molecular flexibility index (Phi) is 4.21. The Balaban J connectivity index is 1.89. The number of aromatic amines is 1. The number of hydrogen-bond acceptors (Lipinski definition) is 3. The second-order valence-electron chi connectivity index (χ2n) is 7.65. The number of rotatable bonds is 3. The van der Waals surface area contributed by atoms with Crippen LogP contribution < -0.4 is 0 Å². The summed E-state index contributed by atoms with van der Waals surface area (Å²) in [5, 5.41) is 15.4. The van der Waals surface area contributed by atoms with Crippen molar-refractivity contribution in [3.05, 3.63) is 41.7 Å². The van der Waals surface area contributed by atoms with E-state index in [4.69, 9.17) is 0 Å². The topological polar surface area (TPSA) is 54.5 Å². The molecule has 0 amide bonds. The molecule has 1 aromatic carbocycles. The molecule has 24 heavy (non-hydrogen) atoms. The molecule has 0 spiro atoms. The van der Waals surface area contributed by atoms with Gasteiger partial charge in [0.2, 0.25) is 5.82 Å². The number of aromatic nitrogens is 4. The minimum absolute atomic E-state index is 0.375. The Bertz CT molecular complexity index is 697. The third-order valence-electron chi connectivity index (χ3n) is 6.14. The molecule has 1 heterocycles. The fraction of sp³-hybridized carbons (Fsp3) is 0.550.